The van der Waals surface area contributed by atoms with E-state index in [1.165, 1.54) is 4.68 Å². The number of aromatic nitrogens is 2. The van der Waals surface area contributed by atoms with Gasteiger partial charge in [-0.3, -0.25) is 4.79 Å². The monoisotopic (exact) mass is 234 g/mol. The molecular formula is C12H14N2O3. The Bertz CT molecular complexity index is 540. The van der Waals surface area contributed by atoms with Gasteiger partial charge < -0.3 is 15.3 Å². The Morgan fingerprint density at radius 1 is 1.24 bits per heavy atom. The first-order valence-corrected chi connectivity index (χ1v) is 5.36. The first-order valence-electron chi connectivity index (χ1n) is 5.36. The van der Waals surface area contributed by atoms with Crippen molar-refractivity contribution in [1.29, 1.82) is 0 Å². The van der Waals surface area contributed by atoms with E-state index in [1.807, 2.05) is 0 Å². The molecular weight excluding hydrogens is 220 g/mol. The Hall–Kier alpha value is -2.01. The second kappa shape index (κ2) is 4.88. The van der Waals surface area contributed by atoms with Gasteiger partial charge in [-0.15, -0.1) is 0 Å². The summed E-state index contributed by atoms with van der Waals surface area (Å²) in [4.78, 5) is 11.8. The topological polar surface area (TPSA) is 78.2 Å². The molecule has 1 aromatic heterocycles. The van der Waals surface area contributed by atoms with Crippen LogP contribution in [0, 0.1) is 0 Å². The zero-order valence-corrected chi connectivity index (χ0v) is 9.26. The Morgan fingerprint density at radius 3 is 2.59 bits per heavy atom. The average molecular weight is 234 g/mol. The van der Waals surface area contributed by atoms with Crippen molar-refractivity contribution >= 4 is 0 Å². The van der Waals surface area contributed by atoms with Gasteiger partial charge in [0, 0.05) is 24.8 Å². The van der Waals surface area contributed by atoms with Gasteiger partial charge in [0.15, 0.2) is 0 Å². The fourth-order valence-corrected chi connectivity index (χ4v) is 1.65. The molecule has 0 aliphatic carbocycles. The molecule has 17 heavy (non-hydrogen) atoms. The second-order valence-electron chi connectivity index (χ2n) is 3.83. The highest BCUT2D eigenvalue weighted by molar-refractivity contribution is 5.26. The van der Waals surface area contributed by atoms with Gasteiger partial charge in [-0.05, 0) is 17.7 Å². The first-order chi connectivity index (χ1) is 8.20. The number of H-pyrrole nitrogens is 1. The molecule has 0 atom stereocenters. The van der Waals surface area contributed by atoms with Gasteiger partial charge in [-0.25, -0.2) is 4.68 Å². The molecule has 5 nitrogen and oxygen atoms in total. The van der Waals surface area contributed by atoms with Crippen LogP contribution >= 0.6 is 0 Å². The number of phenolic OH excluding ortho intramolecular Hbond substituents is 1. The van der Waals surface area contributed by atoms with Gasteiger partial charge in [-0.1, -0.05) is 12.1 Å². The highest BCUT2D eigenvalue weighted by atomic mass is 16.3. The predicted molar refractivity (Wildman–Crippen MR) is 63.1 cm³/mol. The van der Waals surface area contributed by atoms with Crippen LogP contribution in [-0.4, -0.2) is 26.6 Å². The Morgan fingerprint density at radius 2 is 1.94 bits per heavy atom. The van der Waals surface area contributed by atoms with Crippen molar-refractivity contribution in [1.82, 2.24) is 9.78 Å². The summed E-state index contributed by atoms with van der Waals surface area (Å²) in [6.45, 7) is 0.386. The van der Waals surface area contributed by atoms with Crippen molar-refractivity contribution in [3.63, 3.8) is 0 Å². The molecule has 90 valence electrons. The number of hydrogen-bond acceptors (Lipinski definition) is 3. The molecule has 0 saturated heterocycles. The Kier molecular flexibility index (Phi) is 3.30. The minimum atomic E-state index is -0.118. The summed E-state index contributed by atoms with van der Waals surface area (Å²) in [5.74, 6) is 0.202. The molecule has 0 bridgehead atoms. The van der Waals surface area contributed by atoms with Gasteiger partial charge in [0.2, 0.25) is 0 Å². The Labute approximate surface area is 97.9 Å². The quantitative estimate of drug-likeness (QED) is 0.719. The number of phenols is 1. The van der Waals surface area contributed by atoms with Crippen LogP contribution in [0.25, 0.3) is 0 Å². The number of aliphatic hydroxyl groups excluding tert-OH is 1. The third kappa shape index (κ3) is 2.57. The zero-order chi connectivity index (χ0) is 12.3. The van der Waals surface area contributed by atoms with Crippen LogP contribution < -0.4 is 5.56 Å². The molecule has 1 heterocycles. The van der Waals surface area contributed by atoms with Crippen LogP contribution in [0.1, 0.15) is 11.1 Å². The van der Waals surface area contributed by atoms with Crippen molar-refractivity contribution in [2.24, 2.45) is 0 Å². The standard InChI is InChI=1S/C12H14N2O3/c15-6-5-10-7-13-14(12(10)17)8-9-1-3-11(16)4-2-9/h1-4,7,13,15-16H,5-6,8H2. The Balaban J connectivity index is 2.19. The van der Waals surface area contributed by atoms with E-state index in [9.17, 15) is 4.79 Å². The normalized spacial score (nSPS) is 10.6. The van der Waals surface area contributed by atoms with Gasteiger partial charge in [0.25, 0.3) is 5.56 Å². The highest BCUT2D eigenvalue weighted by Gasteiger charge is 2.05. The van der Waals surface area contributed by atoms with E-state index in [0.717, 1.165) is 5.56 Å². The van der Waals surface area contributed by atoms with Crippen LogP contribution in [0.4, 0.5) is 0 Å². The van der Waals surface area contributed by atoms with E-state index in [-0.39, 0.29) is 17.9 Å². The van der Waals surface area contributed by atoms with E-state index < -0.39 is 0 Å². The molecule has 5 heteroatoms. The number of benzene rings is 1. The lowest BCUT2D eigenvalue weighted by molar-refractivity contribution is 0.299. The number of nitrogens with one attached hydrogen (secondary N) is 1. The lowest BCUT2D eigenvalue weighted by atomic mass is 10.2. The number of rotatable bonds is 4. The van der Waals surface area contributed by atoms with Crippen molar-refractivity contribution < 1.29 is 10.2 Å². The van der Waals surface area contributed by atoms with Crippen molar-refractivity contribution in [2.45, 2.75) is 13.0 Å². The molecule has 2 rings (SSSR count). The molecule has 3 N–H and O–H groups in total. The molecule has 2 aromatic rings. The number of aromatic hydroxyl groups is 1. The van der Waals surface area contributed by atoms with Crippen LogP contribution in [-0.2, 0) is 13.0 Å². The van der Waals surface area contributed by atoms with E-state index >= 15 is 0 Å². The molecule has 0 saturated carbocycles. The summed E-state index contributed by atoms with van der Waals surface area (Å²) in [7, 11) is 0. The molecule has 0 fully saturated rings. The van der Waals surface area contributed by atoms with E-state index in [4.69, 9.17) is 10.2 Å². The smallest absolute Gasteiger partial charge is 0.270 e. The maximum atomic E-state index is 11.8. The van der Waals surface area contributed by atoms with Crippen LogP contribution in [0.3, 0.4) is 0 Å². The van der Waals surface area contributed by atoms with E-state index in [2.05, 4.69) is 5.10 Å². The highest BCUT2D eigenvalue weighted by Crippen LogP contribution is 2.10. The van der Waals surface area contributed by atoms with Gasteiger partial charge in [0.1, 0.15) is 5.75 Å². The summed E-state index contributed by atoms with van der Waals surface area (Å²) in [5, 5.41) is 20.8. The maximum absolute atomic E-state index is 11.8. The molecule has 0 amide bonds. The van der Waals surface area contributed by atoms with E-state index in [1.54, 1.807) is 30.5 Å². The molecule has 0 radical (unpaired) electrons. The lowest BCUT2D eigenvalue weighted by Gasteiger charge is -2.02. The summed E-state index contributed by atoms with van der Waals surface area (Å²) >= 11 is 0. The van der Waals surface area contributed by atoms with Gasteiger partial charge >= 0.3 is 0 Å². The van der Waals surface area contributed by atoms with Crippen LogP contribution in [0.2, 0.25) is 0 Å². The van der Waals surface area contributed by atoms with Crippen molar-refractivity contribution in [3.05, 3.63) is 51.9 Å². The van der Waals surface area contributed by atoms with Crippen LogP contribution in [0.15, 0.2) is 35.3 Å². The molecule has 0 unspecified atom stereocenters. The number of aromatic amines is 1. The molecule has 0 spiro atoms. The van der Waals surface area contributed by atoms with Crippen molar-refractivity contribution in [3.8, 4) is 5.75 Å². The summed E-state index contributed by atoms with van der Waals surface area (Å²) in [6.07, 6.45) is 1.97. The second-order valence-corrected chi connectivity index (χ2v) is 3.83. The lowest BCUT2D eigenvalue weighted by Crippen LogP contribution is -2.20. The molecule has 1 aromatic carbocycles. The zero-order valence-electron chi connectivity index (χ0n) is 9.26. The van der Waals surface area contributed by atoms with Gasteiger partial charge in [0.05, 0.1) is 6.54 Å². The number of nitrogens with zero attached hydrogens (tertiary/aromatic N) is 1. The average Bonchev–Trinajstić information content (AvgIpc) is 2.65. The van der Waals surface area contributed by atoms with Gasteiger partial charge in [-0.2, -0.15) is 0 Å². The fourth-order valence-electron chi connectivity index (χ4n) is 1.65. The van der Waals surface area contributed by atoms with Crippen LogP contribution in [0.5, 0.6) is 5.75 Å². The maximum Gasteiger partial charge on any atom is 0.270 e. The molecule has 0 aliphatic rings. The third-order valence-corrected chi connectivity index (χ3v) is 2.57. The van der Waals surface area contributed by atoms with Crippen molar-refractivity contribution in [2.75, 3.05) is 6.61 Å². The summed E-state index contributed by atoms with van der Waals surface area (Å²) in [6, 6.07) is 6.68. The first kappa shape index (κ1) is 11.5. The number of aliphatic hydroxyl groups is 1. The molecule has 0 aliphatic heterocycles. The number of hydrogen-bond donors (Lipinski definition) is 3. The minimum Gasteiger partial charge on any atom is -0.508 e. The predicted octanol–water partition coefficient (Wildman–Crippen LogP) is 0.465. The minimum absolute atomic E-state index is 0.0354. The summed E-state index contributed by atoms with van der Waals surface area (Å²) in [5.41, 5.74) is 1.38. The fraction of sp³-hybridized carbons (Fsp3) is 0.250. The SMILES string of the molecule is O=c1c(CCO)c[nH]n1Cc1ccc(O)cc1. The summed E-state index contributed by atoms with van der Waals surface area (Å²) < 4.78 is 1.47. The largest absolute Gasteiger partial charge is 0.508 e. The third-order valence-electron chi connectivity index (χ3n) is 2.57. The van der Waals surface area contributed by atoms with E-state index in [0.29, 0.717) is 18.5 Å².